The van der Waals surface area contributed by atoms with Crippen LogP contribution in [-0.2, 0) is 4.79 Å². The van der Waals surface area contributed by atoms with Crippen LogP contribution in [0.2, 0.25) is 0 Å². The number of amides is 1. The third-order valence-corrected chi connectivity index (χ3v) is 5.20. The molecule has 1 unspecified atom stereocenters. The summed E-state index contributed by atoms with van der Waals surface area (Å²) in [6.45, 7) is 6.05. The van der Waals surface area contributed by atoms with E-state index in [-0.39, 0.29) is 11.8 Å². The third-order valence-electron chi connectivity index (χ3n) is 5.20. The summed E-state index contributed by atoms with van der Waals surface area (Å²) in [6, 6.07) is 3.37. The van der Waals surface area contributed by atoms with Crippen molar-refractivity contribution in [3.63, 3.8) is 0 Å². The van der Waals surface area contributed by atoms with E-state index in [1.165, 1.54) is 6.26 Å². The van der Waals surface area contributed by atoms with Gasteiger partial charge >= 0.3 is 0 Å². The van der Waals surface area contributed by atoms with Crippen molar-refractivity contribution in [3.8, 4) is 0 Å². The SMILES string of the molecule is CN1CCN(CCC2CCCCN2C(=O)C(=O)c2ccco2)CC1. The Bertz CT molecular complexity index is 550. The highest BCUT2D eigenvalue weighted by Gasteiger charge is 2.32. The Hall–Kier alpha value is -1.66. The number of piperidine rings is 1. The summed E-state index contributed by atoms with van der Waals surface area (Å²) < 4.78 is 5.10. The molecule has 1 aromatic rings. The fraction of sp³-hybridized carbons (Fsp3) is 0.667. The number of hydrogen-bond acceptors (Lipinski definition) is 5. The van der Waals surface area contributed by atoms with Crippen LogP contribution in [0.5, 0.6) is 0 Å². The normalized spacial score (nSPS) is 23.4. The smallest absolute Gasteiger partial charge is 0.298 e. The minimum absolute atomic E-state index is 0.142. The lowest BCUT2D eigenvalue weighted by Crippen LogP contribution is -2.49. The zero-order valence-corrected chi connectivity index (χ0v) is 14.4. The van der Waals surface area contributed by atoms with Crippen LogP contribution in [0.25, 0.3) is 0 Å². The number of nitrogens with zero attached hydrogens (tertiary/aromatic N) is 3. The molecule has 2 aliphatic heterocycles. The van der Waals surface area contributed by atoms with Crippen molar-refractivity contribution >= 4 is 11.7 Å². The molecule has 0 aromatic carbocycles. The molecular formula is C18H27N3O3. The Morgan fingerprint density at radius 1 is 1.17 bits per heavy atom. The molecule has 0 radical (unpaired) electrons. The van der Waals surface area contributed by atoms with Gasteiger partial charge in [0.25, 0.3) is 11.7 Å². The number of ketones is 1. The Balaban J connectivity index is 1.57. The van der Waals surface area contributed by atoms with Crippen LogP contribution in [0, 0.1) is 0 Å². The van der Waals surface area contributed by atoms with Crippen LogP contribution in [-0.4, -0.2) is 78.7 Å². The van der Waals surface area contributed by atoms with Crippen LogP contribution >= 0.6 is 0 Å². The summed E-state index contributed by atoms with van der Waals surface area (Å²) >= 11 is 0. The summed E-state index contributed by atoms with van der Waals surface area (Å²) in [4.78, 5) is 31.5. The van der Waals surface area contributed by atoms with Crippen LogP contribution in [0.3, 0.4) is 0 Å². The quantitative estimate of drug-likeness (QED) is 0.603. The molecule has 6 nitrogen and oxygen atoms in total. The molecule has 24 heavy (non-hydrogen) atoms. The Labute approximate surface area is 143 Å². The summed E-state index contributed by atoms with van der Waals surface area (Å²) in [7, 11) is 2.15. The Morgan fingerprint density at radius 2 is 1.96 bits per heavy atom. The molecule has 0 aliphatic carbocycles. The first-order chi connectivity index (χ1) is 11.6. The van der Waals surface area contributed by atoms with Gasteiger partial charge in [0.1, 0.15) is 0 Å². The van der Waals surface area contributed by atoms with Gasteiger partial charge in [-0.1, -0.05) is 0 Å². The van der Waals surface area contributed by atoms with E-state index in [1.807, 2.05) is 0 Å². The number of likely N-dealkylation sites (N-methyl/N-ethyl adjacent to an activating group) is 1. The monoisotopic (exact) mass is 333 g/mol. The summed E-state index contributed by atoms with van der Waals surface area (Å²) in [6.07, 6.45) is 5.47. The van der Waals surface area contributed by atoms with Crippen LogP contribution in [0.4, 0.5) is 0 Å². The lowest BCUT2D eigenvalue weighted by atomic mass is 9.98. The number of furan rings is 1. The van der Waals surface area contributed by atoms with E-state index < -0.39 is 11.7 Å². The molecule has 2 fully saturated rings. The molecule has 3 rings (SSSR count). The van der Waals surface area contributed by atoms with Gasteiger partial charge in [-0.25, -0.2) is 0 Å². The Morgan fingerprint density at radius 3 is 2.67 bits per heavy atom. The molecule has 132 valence electrons. The number of carbonyl (C=O) groups is 2. The predicted molar refractivity (Wildman–Crippen MR) is 90.9 cm³/mol. The molecule has 2 saturated heterocycles. The minimum Gasteiger partial charge on any atom is -0.461 e. The van der Waals surface area contributed by atoms with Crippen molar-refractivity contribution in [3.05, 3.63) is 24.2 Å². The van der Waals surface area contributed by atoms with Gasteiger partial charge in [-0.05, 0) is 44.9 Å². The van der Waals surface area contributed by atoms with Crippen molar-refractivity contribution in [1.82, 2.24) is 14.7 Å². The average molecular weight is 333 g/mol. The molecule has 0 spiro atoms. The lowest BCUT2D eigenvalue weighted by Gasteiger charge is -2.38. The van der Waals surface area contributed by atoms with Gasteiger partial charge in [0.15, 0.2) is 5.76 Å². The van der Waals surface area contributed by atoms with E-state index in [1.54, 1.807) is 17.0 Å². The number of rotatable bonds is 5. The zero-order valence-electron chi connectivity index (χ0n) is 14.4. The fourth-order valence-electron chi connectivity index (χ4n) is 3.61. The van der Waals surface area contributed by atoms with E-state index in [0.717, 1.165) is 58.4 Å². The third kappa shape index (κ3) is 4.05. The van der Waals surface area contributed by atoms with Gasteiger partial charge in [-0.15, -0.1) is 0 Å². The first kappa shape index (κ1) is 17.2. The van der Waals surface area contributed by atoms with Gasteiger partial charge in [-0.3, -0.25) is 9.59 Å². The molecule has 0 bridgehead atoms. The largest absolute Gasteiger partial charge is 0.461 e. The predicted octanol–water partition coefficient (Wildman–Crippen LogP) is 1.48. The summed E-state index contributed by atoms with van der Waals surface area (Å²) in [5, 5.41) is 0. The molecule has 0 saturated carbocycles. The summed E-state index contributed by atoms with van der Waals surface area (Å²) in [5.74, 6) is -0.789. The molecular weight excluding hydrogens is 306 g/mol. The van der Waals surface area contributed by atoms with Gasteiger partial charge in [0, 0.05) is 45.3 Å². The molecule has 3 heterocycles. The topological polar surface area (TPSA) is 57.0 Å². The van der Waals surface area contributed by atoms with Crippen molar-refractivity contribution < 1.29 is 14.0 Å². The maximum absolute atomic E-state index is 12.6. The van der Waals surface area contributed by atoms with Crippen molar-refractivity contribution in [2.75, 3.05) is 46.3 Å². The van der Waals surface area contributed by atoms with Crippen molar-refractivity contribution in [1.29, 1.82) is 0 Å². The van der Waals surface area contributed by atoms with Crippen LogP contribution in [0.15, 0.2) is 22.8 Å². The second-order valence-corrected chi connectivity index (χ2v) is 6.89. The minimum atomic E-state index is -0.522. The second kappa shape index (κ2) is 7.94. The number of likely N-dealkylation sites (tertiary alicyclic amines) is 1. The number of hydrogen-bond donors (Lipinski definition) is 0. The average Bonchev–Trinajstić information content (AvgIpc) is 3.15. The van der Waals surface area contributed by atoms with Crippen LogP contribution in [0.1, 0.15) is 36.2 Å². The number of piperazine rings is 1. The van der Waals surface area contributed by atoms with E-state index >= 15 is 0 Å². The maximum Gasteiger partial charge on any atom is 0.298 e. The van der Waals surface area contributed by atoms with E-state index in [0.29, 0.717) is 6.54 Å². The number of carbonyl (C=O) groups excluding carboxylic acids is 2. The fourth-order valence-corrected chi connectivity index (χ4v) is 3.61. The highest BCUT2D eigenvalue weighted by atomic mass is 16.3. The van der Waals surface area contributed by atoms with Crippen molar-refractivity contribution in [2.45, 2.75) is 31.7 Å². The van der Waals surface area contributed by atoms with E-state index in [9.17, 15) is 9.59 Å². The van der Waals surface area contributed by atoms with Gasteiger partial charge in [-0.2, -0.15) is 0 Å². The first-order valence-corrected chi connectivity index (χ1v) is 8.95. The molecule has 1 aromatic heterocycles. The second-order valence-electron chi connectivity index (χ2n) is 6.89. The highest BCUT2D eigenvalue weighted by molar-refractivity contribution is 6.42. The van der Waals surface area contributed by atoms with E-state index in [4.69, 9.17) is 4.42 Å². The van der Waals surface area contributed by atoms with Gasteiger partial charge < -0.3 is 19.1 Å². The Kier molecular flexibility index (Phi) is 5.68. The maximum atomic E-state index is 12.6. The lowest BCUT2D eigenvalue weighted by molar-refractivity contribution is -0.130. The molecule has 0 N–H and O–H groups in total. The zero-order chi connectivity index (χ0) is 16.9. The molecule has 1 atom stereocenters. The first-order valence-electron chi connectivity index (χ1n) is 8.95. The molecule has 1 amide bonds. The standard InChI is InChI=1S/C18H27N3O3/c1-19-10-12-20(13-11-19)9-7-15-5-2-3-8-21(15)18(23)17(22)16-6-4-14-24-16/h4,6,14-15H,2-3,5,7-13H2,1H3. The molecule has 2 aliphatic rings. The van der Waals surface area contributed by atoms with Crippen molar-refractivity contribution in [2.24, 2.45) is 0 Å². The van der Waals surface area contributed by atoms with E-state index in [2.05, 4.69) is 16.8 Å². The number of Topliss-reactive ketones (excluding diaryl/α,β-unsaturated/α-hetero) is 1. The summed E-state index contributed by atoms with van der Waals surface area (Å²) in [5.41, 5.74) is 0. The van der Waals surface area contributed by atoms with Gasteiger partial charge in [0.2, 0.25) is 0 Å². The van der Waals surface area contributed by atoms with Gasteiger partial charge in [0.05, 0.1) is 6.26 Å². The molecule has 6 heteroatoms. The highest BCUT2D eigenvalue weighted by Crippen LogP contribution is 2.21. The van der Waals surface area contributed by atoms with Crippen LogP contribution < -0.4 is 0 Å².